The van der Waals surface area contributed by atoms with Gasteiger partial charge < -0.3 is 9.84 Å². The summed E-state index contributed by atoms with van der Waals surface area (Å²) in [7, 11) is 0. The van der Waals surface area contributed by atoms with Gasteiger partial charge in [-0.3, -0.25) is 0 Å². The fourth-order valence-electron chi connectivity index (χ4n) is 1.79. The minimum Gasteiger partial charge on any atom is -0.493 e. The molecule has 1 aromatic carbocycles. The lowest BCUT2D eigenvalue weighted by atomic mass is 9.86. The normalized spacial score (nSPS) is 13.4. The summed E-state index contributed by atoms with van der Waals surface area (Å²) in [5.74, 6) is 0.959. The molecule has 0 aliphatic heterocycles. The molecule has 1 rings (SSSR count). The van der Waals surface area contributed by atoms with E-state index < -0.39 is 0 Å². The number of benzene rings is 1. The van der Waals surface area contributed by atoms with Gasteiger partial charge in [0.25, 0.3) is 0 Å². The van der Waals surface area contributed by atoms with Gasteiger partial charge >= 0.3 is 0 Å². The molecule has 0 fully saturated rings. The van der Waals surface area contributed by atoms with E-state index in [1.165, 1.54) is 5.56 Å². The van der Waals surface area contributed by atoms with Crippen LogP contribution in [-0.4, -0.2) is 17.8 Å². The van der Waals surface area contributed by atoms with Crippen molar-refractivity contribution in [3.63, 3.8) is 0 Å². The highest BCUT2D eigenvalue weighted by molar-refractivity contribution is 5.33. The van der Waals surface area contributed by atoms with Crippen LogP contribution in [0.3, 0.4) is 0 Å². The number of hydrogen-bond acceptors (Lipinski definition) is 2. The van der Waals surface area contributed by atoms with Crippen LogP contribution in [0.5, 0.6) is 5.75 Å². The third-order valence-corrected chi connectivity index (χ3v) is 3.12. The maximum atomic E-state index is 10.1. The van der Waals surface area contributed by atoms with Crippen LogP contribution in [0, 0.1) is 5.41 Å². The van der Waals surface area contributed by atoms with E-state index in [-0.39, 0.29) is 11.5 Å². The second-order valence-corrected chi connectivity index (χ2v) is 5.88. The molecule has 102 valence electrons. The summed E-state index contributed by atoms with van der Waals surface area (Å²) in [5, 5.41) is 10.1. The van der Waals surface area contributed by atoms with E-state index in [4.69, 9.17) is 4.74 Å². The van der Waals surface area contributed by atoms with Gasteiger partial charge in [0, 0.05) is 0 Å². The van der Waals surface area contributed by atoms with Crippen LogP contribution < -0.4 is 4.74 Å². The van der Waals surface area contributed by atoms with Crippen molar-refractivity contribution in [3.05, 3.63) is 29.8 Å². The molecule has 0 aliphatic rings. The fraction of sp³-hybridized carbons (Fsp3) is 0.625. The first-order valence-corrected chi connectivity index (χ1v) is 6.84. The Morgan fingerprint density at radius 3 is 2.50 bits per heavy atom. The molecule has 1 N–H and O–H groups in total. The standard InChI is InChI=1S/C16H26O2/c1-5-12-18-14-9-7-6-8-13(14)10-11-15(17)16(2,3)4/h6-9,15,17H,5,10-12H2,1-4H3. The summed E-state index contributed by atoms with van der Waals surface area (Å²) in [6.07, 6.45) is 2.37. The van der Waals surface area contributed by atoms with Crippen LogP contribution in [0.1, 0.15) is 46.1 Å². The summed E-state index contributed by atoms with van der Waals surface area (Å²) in [5.41, 5.74) is 1.13. The Labute approximate surface area is 111 Å². The van der Waals surface area contributed by atoms with E-state index in [1.54, 1.807) is 0 Å². The number of aliphatic hydroxyl groups is 1. The summed E-state index contributed by atoms with van der Waals surface area (Å²) >= 11 is 0. The number of ether oxygens (including phenoxy) is 1. The first-order chi connectivity index (χ1) is 8.45. The van der Waals surface area contributed by atoms with Crippen LogP contribution in [0.15, 0.2) is 24.3 Å². The van der Waals surface area contributed by atoms with Gasteiger partial charge in [-0.1, -0.05) is 45.9 Å². The molecule has 0 amide bonds. The van der Waals surface area contributed by atoms with E-state index in [1.807, 2.05) is 18.2 Å². The predicted octanol–water partition coefficient (Wildman–Crippen LogP) is 3.82. The zero-order valence-electron chi connectivity index (χ0n) is 12.1. The molecule has 1 unspecified atom stereocenters. The topological polar surface area (TPSA) is 29.5 Å². The molecule has 0 heterocycles. The number of rotatable bonds is 6. The maximum Gasteiger partial charge on any atom is 0.122 e. The zero-order chi connectivity index (χ0) is 13.6. The van der Waals surface area contributed by atoms with Gasteiger partial charge in [-0.05, 0) is 36.3 Å². The Morgan fingerprint density at radius 1 is 1.22 bits per heavy atom. The fourth-order valence-corrected chi connectivity index (χ4v) is 1.79. The van der Waals surface area contributed by atoms with Crippen molar-refractivity contribution in [3.8, 4) is 5.75 Å². The second kappa shape index (κ2) is 6.79. The molecule has 0 saturated carbocycles. The van der Waals surface area contributed by atoms with Gasteiger partial charge in [0.15, 0.2) is 0 Å². The molecule has 1 aromatic rings. The van der Waals surface area contributed by atoms with Crippen molar-refractivity contribution in [2.75, 3.05) is 6.61 Å². The van der Waals surface area contributed by atoms with E-state index in [0.29, 0.717) is 0 Å². The van der Waals surface area contributed by atoms with Crippen molar-refractivity contribution >= 4 is 0 Å². The molecular weight excluding hydrogens is 224 g/mol. The number of aryl methyl sites for hydroxylation is 1. The predicted molar refractivity (Wildman–Crippen MR) is 76.0 cm³/mol. The SMILES string of the molecule is CCCOc1ccccc1CCC(O)C(C)(C)C. The molecule has 0 radical (unpaired) electrons. The zero-order valence-corrected chi connectivity index (χ0v) is 12.1. The van der Waals surface area contributed by atoms with E-state index in [9.17, 15) is 5.11 Å². The quantitative estimate of drug-likeness (QED) is 0.831. The lowest BCUT2D eigenvalue weighted by molar-refractivity contribution is 0.0558. The van der Waals surface area contributed by atoms with Crippen LogP contribution in [0.4, 0.5) is 0 Å². The van der Waals surface area contributed by atoms with Crippen LogP contribution >= 0.6 is 0 Å². The van der Waals surface area contributed by atoms with Gasteiger partial charge in [-0.15, -0.1) is 0 Å². The van der Waals surface area contributed by atoms with E-state index in [0.717, 1.165) is 31.6 Å². The minimum absolute atomic E-state index is 0.0563. The molecule has 2 heteroatoms. The van der Waals surface area contributed by atoms with Crippen molar-refractivity contribution in [2.24, 2.45) is 5.41 Å². The Bertz CT molecular complexity index is 352. The Hall–Kier alpha value is -1.02. The van der Waals surface area contributed by atoms with Crippen molar-refractivity contribution in [2.45, 2.75) is 53.1 Å². The summed E-state index contributed by atoms with van der Waals surface area (Å²) in [6, 6.07) is 8.11. The average molecular weight is 250 g/mol. The molecule has 0 aromatic heterocycles. The molecule has 0 aliphatic carbocycles. The van der Waals surface area contributed by atoms with Gasteiger partial charge in [0.1, 0.15) is 5.75 Å². The Morgan fingerprint density at radius 2 is 1.89 bits per heavy atom. The van der Waals surface area contributed by atoms with Crippen molar-refractivity contribution in [1.29, 1.82) is 0 Å². The third kappa shape index (κ3) is 4.69. The molecule has 0 bridgehead atoms. The lowest BCUT2D eigenvalue weighted by Crippen LogP contribution is -2.26. The molecular formula is C16H26O2. The third-order valence-electron chi connectivity index (χ3n) is 3.12. The minimum atomic E-state index is -0.281. The highest BCUT2D eigenvalue weighted by Gasteiger charge is 2.21. The molecule has 2 nitrogen and oxygen atoms in total. The lowest BCUT2D eigenvalue weighted by Gasteiger charge is -2.26. The monoisotopic (exact) mass is 250 g/mol. The largest absolute Gasteiger partial charge is 0.493 e. The Balaban J connectivity index is 2.61. The van der Waals surface area contributed by atoms with E-state index in [2.05, 4.69) is 33.8 Å². The molecule has 18 heavy (non-hydrogen) atoms. The molecule has 1 atom stereocenters. The van der Waals surface area contributed by atoms with Crippen LogP contribution in [-0.2, 0) is 6.42 Å². The highest BCUT2D eigenvalue weighted by Crippen LogP contribution is 2.25. The van der Waals surface area contributed by atoms with Gasteiger partial charge in [-0.2, -0.15) is 0 Å². The highest BCUT2D eigenvalue weighted by atomic mass is 16.5. The van der Waals surface area contributed by atoms with Crippen LogP contribution in [0.2, 0.25) is 0 Å². The number of hydrogen-bond donors (Lipinski definition) is 1. The van der Waals surface area contributed by atoms with E-state index >= 15 is 0 Å². The van der Waals surface area contributed by atoms with Gasteiger partial charge in [0.05, 0.1) is 12.7 Å². The first-order valence-electron chi connectivity index (χ1n) is 6.84. The molecule has 0 saturated heterocycles. The smallest absolute Gasteiger partial charge is 0.122 e. The second-order valence-electron chi connectivity index (χ2n) is 5.88. The number of aliphatic hydroxyl groups excluding tert-OH is 1. The Kier molecular flexibility index (Phi) is 5.67. The van der Waals surface area contributed by atoms with Crippen LogP contribution in [0.25, 0.3) is 0 Å². The summed E-state index contributed by atoms with van der Waals surface area (Å²) in [6.45, 7) is 9.05. The average Bonchev–Trinajstić information content (AvgIpc) is 2.33. The molecule has 0 spiro atoms. The summed E-state index contributed by atoms with van der Waals surface area (Å²) < 4.78 is 5.72. The van der Waals surface area contributed by atoms with Crippen molar-refractivity contribution < 1.29 is 9.84 Å². The number of para-hydroxylation sites is 1. The van der Waals surface area contributed by atoms with Gasteiger partial charge in [0.2, 0.25) is 0 Å². The summed E-state index contributed by atoms with van der Waals surface area (Å²) in [4.78, 5) is 0. The van der Waals surface area contributed by atoms with Crippen molar-refractivity contribution in [1.82, 2.24) is 0 Å². The first kappa shape index (κ1) is 15.0. The van der Waals surface area contributed by atoms with Gasteiger partial charge in [-0.25, -0.2) is 0 Å². The maximum absolute atomic E-state index is 10.1.